The Morgan fingerprint density at radius 1 is 0.566 bits per heavy atom. The number of thiophene rings is 1. The van der Waals surface area contributed by atoms with Gasteiger partial charge >= 0.3 is 0 Å². The number of hydrogen-bond donors (Lipinski definition) is 1. The summed E-state index contributed by atoms with van der Waals surface area (Å²) in [7, 11) is 0. The third kappa shape index (κ3) is 5.61. The highest BCUT2D eigenvalue weighted by Gasteiger charge is 2.17. The fourth-order valence-corrected chi connectivity index (χ4v) is 8.73. The second-order valence-corrected chi connectivity index (χ2v) is 14.7. The first-order valence-electron chi connectivity index (χ1n) is 17.9. The van der Waals surface area contributed by atoms with Crippen LogP contribution in [0.5, 0.6) is 0 Å². The van der Waals surface area contributed by atoms with Crippen molar-refractivity contribution in [3.63, 3.8) is 0 Å². The maximum Gasteiger partial charge on any atom is 0.0788 e. The van der Waals surface area contributed by atoms with E-state index < -0.39 is 0 Å². The molecule has 2 N–H and O–H groups in total. The van der Waals surface area contributed by atoms with Crippen molar-refractivity contribution < 1.29 is 0 Å². The standard InChI is InChI=1S/C49H33N3S/c50-41(24-19-31-18-20-33-21-25-42(51-44(33)28-31)32-10-3-1-4-11-32)37-15-9-14-35(29-37)36-22-26-43-40(30-36)47-39(49(52-43)34-12-5-2-6-13-34)23-27-46-48(47)38-16-7-8-17-45(38)53-46/h1-27,29-30H,28,50H2/b31-19-,41-24-. The maximum absolute atomic E-state index is 6.76. The van der Waals surface area contributed by atoms with Gasteiger partial charge in [-0.05, 0) is 70.3 Å². The number of pyridine rings is 2. The van der Waals surface area contributed by atoms with Gasteiger partial charge in [0.25, 0.3) is 0 Å². The number of allylic oxidation sites excluding steroid dienone is 4. The number of rotatable bonds is 5. The van der Waals surface area contributed by atoms with Crippen molar-refractivity contribution in [3.8, 4) is 33.6 Å². The Morgan fingerprint density at radius 2 is 1.34 bits per heavy atom. The van der Waals surface area contributed by atoms with E-state index >= 15 is 0 Å². The summed E-state index contributed by atoms with van der Waals surface area (Å²) >= 11 is 1.85. The average molecular weight is 696 g/mol. The molecule has 0 amide bonds. The summed E-state index contributed by atoms with van der Waals surface area (Å²) in [5, 5.41) is 6.15. The lowest BCUT2D eigenvalue weighted by Gasteiger charge is -2.14. The van der Waals surface area contributed by atoms with E-state index in [2.05, 4.69) is 164 Å². The molecule has 1 aliphatic carbocycles. The fourth-order valence-electron chi connectivity index (χ4n) is 7.61. The number of nitrogens with two attached hydrogens (primary N) is 1. The molecule has 4 heteroatoms. The molecule has 250 valence electrons. The molecule has 1 aliphatic rings. The zero-order chi connectivity index (χ0) is 35.3. The van der Waals surface area contributed by atoms with Gasteiger partial charge in [-0.25, -0.2) is 4.98 Å². The summed E-state index contributed by atoms with van der Waals surface area (Å²) in [6.45, 7) is 0. The molecular formula is C49H33N3S. The van der Waals surface area contributed by atoms with Crippen molar-refractivity contribution in [2.24, 2.45) is 5.73 Å². The van der Waals surface area contributed by atoms with E-state index in [0.29, 0.717) is 0 Å². The van der Waals surface area contributed by atoms with Crippen molar-refractivity contribution in [2.75, 3.05) is 0 Å². The lowest BCUT2D eigenvalue weighted by atomic mass is 9.94. The van der Waals surface area contributed by atoms with Gasteiger partial charge < -0.3 is 5.73 Å². The van der Waals surface area contributed by atoms with E-state index in [4.69, 9.17) is 15.7 Å². The molecule has 0 spiro atoms. The largest absolute Gasteiger partial charge is 0.398 e. The average Bonchev–Trinajstić information content (AvgIpc) is 3.61. The van der Waals surface area contributed by atoms with E-state index in [9.17, 15) is 0 Å². The predicted octanol–water partition coefficient (Wildman–Crippen LogP) is 12.6. The molecule has 0 fully saturated rings. The minimum absolute atomic E-state index is 0.719. The molecular weight excluding hydrogens is 663 g/mol. The van der Waals surface area contributed by atoms with E-state index in [0.717, 1.165) is 78.9 Å². The zero-order valence-corrected chi connectivity index (χ0v) is 29.6. The Bertz CT molecular complexity index is 2970. The van der Waals surface area contributed by atoms with Crippen LogP contribution in [0.4, 0.5) is 0 Å². The van der Waals surface area contributed by atoms with Gasteiger partial charge in [0.2, 0.25) is 0 Å². The van der Waals surface area contributed by atoms with Crippen LogP contribution in [0, 0.1) is 0 Å². The van der Waals surface area contributed by atoms with Gasteiger partial charge in [-0.3, -0.25) is 4.98 Å². The molecule has 6 aromatic carbocycles. The predicted molar refractivity (Wildman–Crippen MR) is 226 cm³/mol. The lowest BCUT2D eigenvalue weighted by Crippen LogP contribution is -2.02. The minimum atomic E-state index is 0.719. The molecule has 53 heavy (non-hydrogen) atoms. The fraction of sp³-hybridized carbons (Fsp3) is 0.0204. The van der Waals surface area contributed by atoms with Crippen LogP contribution in [0.25, 0.3) is 87.3 Å². The number of hydrogen-bond acceptors (Lipinski definition) is 4. The topological polar surface area (TPSA) is 51.8 Å². The molecule has 0 radical (unpaired) electrons. The molecule has 9 aromatic rings. The molecule has 0 aliphatic heterocycles. The summed E-state index contributed by atoms with van der Waals surface area (Å²) in [5.41, 5.74) is 19.3. The smallest absolute Gasteiger partial charge is 0.0788 e. The molecule has 0 unspecified atom stereocenters. The normalized spacial score (nSPS) is 13.7. The highest BCUT2D eigenvalue weighted by atomic mass is 32.1. The Hall–Kier alpha value is -6.62. The van der Waals surface area contributed by atoms with Gasteiger partial charge in [0.15, 0.2) is 0 Å². The van der Waals surface area contributed by atoms with Crippen LogP contribution < -0.4 is 5.73 Å². The van der Waals surface area contributed by atoms with Gasteiger partial charge in [0, 0.05) is 59.6 Å². The highest BCUT2D eigenvalue weighted by Crippen LogP contribution is 2.44. The Labute approximate surface area is 311 Å². The van der Waals surface area contributed by atoms with E-state index in [-0.39, 0.29) is 0 Å². The third-order valence-corrected chi connectivity index (χ3v) is 11.4. The first-order valence-corrected chi connectivity index (χ1v) is 18.7. The van der Waals surface area contributed by atoms with Crippen molar-refractivity contribution in [3.05, 3.63) is 192 Å². The summed E-state index contributed by atoms with van der Waals surface area (Å²) < 4.78 is 2.58. The molecule has 0 saturated heterocycles. The van der Waals surface area contributed by atoms with Crippen LogP contribution in [0.1, 0.15) is 16.8 Å². The van der Waals surface area contributed by atoms with Crippen LogP contribution in [0.2, 0.25) is 0 Å². The van der Waals surface area contributed by atoms with Gasteiger partial charge in [-0.15, -0.1) is 11.3 Å². The number of nitrogens with zero attached hydrogens (tertiary/aromatic N) is 2. The summed E-state index contributed by atoms with van der Waals surface area (Å²) in [6, 6.07) is 53.6. The molecule has 3 nitrogen and oxygen atoms in total. The third-order valence-electron chi connectivity index (χ3n) is 10.3. The van der Waals surface area contributed by atoms with Crippen LogP contribution in [0.15, 0.2) is 175 Å². The van der Waals surface area contributed by atoms with E-state index in [1.165, 1.54) is 31.1 Å². The molecule has 3 aromatic heterocycles. The molecule has 0 bridgehead atoms. The van der Waals surface area contributed by atoms with Crippen LogP contribution in [-0.2, 0) is 6.42 Å². The van der Waals surface area contributed by atoms with Gasteiger partial charge in [0.1, 0.15) is 0 Å². The van der Waals surface area contributed by atoms with E-state index in [1.807, 2.05) is 23.5 Å². The highest BCUT2D eigenvalue weighted by molar-refractivity contribution is 7.26. The zero-order valence-electron chi connectivity index (χ0n) is 28.8. The van der Waals surface area contributed by atoms with Crippen molar-refractivity contribution >= 4 is 65.0 Å². The van der Waals surface area contributed by atoms with E-state index in [1.54, 1.807) is 0 Å². The first kappa shape index (κ1) is 31.1. The number of benzene rings is 6. The monoisotopic (exact) mass is 695 g/mol. The summed E-state index contributed by atoms with van der Waals surface area (Å²) in [4.78, 5) is 10.3. The molecule has 0 atom stereocenters. The second-order valence-electron chi connectivity index (χ2n) is 13.6. The van der Waals surface area contributed by atoms with Crippen LogP contribution in [0.3, 0.4) is 0 Å². The van der Waals surface area contributed by atoms with Gasteiger partial charge in [-0.2, -0.15) is 0 Å². The van der Waals surface area contributed by atoms with Gasteiger partial charge in [-0.1, -0.05) is 133 Å². The second kappa shape index (κ2) is 12.9. The molecule has 10 rings (SSSR count). The SMILES string of the molecule is N/C(=C\C=C1\C=Cc2ccc(-c3ccccc3)nc2C1)c1cccc(-c2ccc3nc(-c4ccccc4)c4ccc5sc6ccccc6c5c4c3c2)c1. The van der Waals surface area contributed by atoms with Crippen molar-refractivity contribution in [2.45, 2.75) is 6.42 Å². The summed E-state index contributed by atoms with van der Waals surface area (Å²) in [6.07, 6.45) is 9.20. The minimum Gasteiger partial charge on any atom is -0.398 e. The first-order chi connectivity index (χ1) is 26.2. The van der Waals surface area contributed by atoms with Crippen molar-refractivity contribution in [1.82, 2.24) is 9.97 Å². The van der Waals surface area contributed by atoms with Crippen LogP contribution in [-0.4, -0.2) is 9.97 Å². The van der Waals surface area contributed by atoms with Gasteiger partial charge in [0.05, 0.1) is 22.6 Å². The molecule has 3 heterocycles. The quantitative estimate of drug-likeness (QED) is 0.182. The maximum atomic E-state index is 6.76. The van der Waals surface area contributed by atoms with Crippen LogP contribution >= 0.6 is 11.3 Å². The lowest BCUT2D eigenvalue weighted by molar-refractivity contribution is 1.06. The molecule has 0 saturated carbocycles. The Kier molecular flexibility index (Phi) is 7.55. The number of fused-ring (bicyclic) bond motifs is 8. The Morgan fingerprint density at radius 3 is 2.21 bits per heavy atom. The summed E-state index contributed by atoms with van der Waals surface area (Å²) in [5.74, 6) is 0. The number of aromatic nitrogens is 2. The Balaban J connectivity index is 1.04. The van der Waals surface area contributed by atoms with Crippen molar-refractivity contribution in [1.29, 1.82) is 0 Å².